The Hall–Kier alpha value is -6.18. The molecule has 0 aliphatic rings. The number of benzene rings is 8. The molecule has 8 rings (SSSR count). The maximum absolute atomic E-state index is 9.69. The molecule has 47 heavy (non-hydrogen) atoms. The van der Waals surface area contributed by atoms with E-state index in [1.54, 1.807) is 36.4 Å². The van der Waals surface area contributed by atoms with E-state index >= 15 is 0 Å². The van der Waals surface area contributed by atoms with Crippen molar-refractivity contribution in [2.24, 2.45) is 0 Å². The van der Waals surface area contributed by atoms with Gasteiger partial charge in [0.2, 0.25) is 0 Å². The van der Waals surface area contributed by atoms with Gasteiger partial charge < -0.3 is 4.90 Å². The van der Waals surface area contributed by atoms with Gasteiger partial charge in [-0.1, -0.05) is 164 Å². The first kappa shape index (κ1) is 17.5. The molecule has 0 aromatic heterocycles. The normalized spacial score (nSPS) is 14.9. The first-order valence-electron chi connectivity index (χ1n) is 21.5. The predicted molar refractivity (Wildman–Crippen MR) is 200 cm³/mol. The van der Waals surface area contributed by atoms with Crippen LogP contribution in [0.4, 0.5) is 17.1 Å². The summed E-state index contributed by atoms with van der Waals surface area (Å²) in [4.78, 5) is 1.21. The molecule has 0 saturated heterocycles. The molecule has 222 valence electrons. The molecular formula is C46H33N. The first-order valence-corrected chi connectivity index (χ1v) is 15.0. The maximum atomic E-state index is 9.69. The largest absolute Gasteiger partial charge is 0.310 e. The van der Waals surface area contributed by atoms with Crippen LogP contribution in [0.5, 0.6) is 0 Å². The Morgan fingerprint density at radius 2 is 0.915 bits per heavy atom. The first-order chi connectivity index (χ1) is 28.7. The minimum atomic E-state index is -0.722. The minimum Gasteiger partial charge on any atom is -0.310 e. The second-order valence-electron chi connectivity index (χ2n) is 10.8. The van der Waals surface area contributed by atoms with Crippen molar-refractivity contribution in [2.45, 2.75) is 0 Å². The summed E-state index contributed by atoms with van der Waals surface area (Å²) in [5.74, 6) is 0. The third-order valence-electron chi connectivity index (χ3n) is 7.93. The standard InChI is InChI=1S/C46H33N/c1-3-11-34(12-4-1)36-21-23-37(24-22-36)39-27-31-43(32-28-39)47(42-29-25-38(26-30-42)35-13-5-2-6-14-35)44-18-9-17-41(33-44)46-20-10-16-40-15-7-8-19-45(40)46/h1-33H/i2D,5D,6D,9D,13D,14D,17D,18D,25D,26D,29D,30D,33D. The van der Waals surface area contributed by atoms with Crippen molar-refractivity contribution in [3.63, 3.8) is 0 Å². The lowest BCUT2D eigenvalue weighted by atomic mass is 9.97. The summed E-state index contributed by atoms with van der Waals surface area (Å²) >= 11 is 0. The molecule has 0 aliphatic heterocycles. The lowest BCUT2D eigenvalue weighted by Gasteiger charge is -2.26. The van der Waals surface area contributed by atoms with Gasteiger partial charge in [0.05, 0.1) is 17.8 Å². The van der Waals surface area contributed by atoms with Crippen molar-refractivity contribution in [1.29, 1.82) is 0 Å². The van der Waals surface area contributed by atoms with Crippen LogP contribution in [0.1, 0.15) is 17.8 Å². The number of hydrogen-bond acceptors (Lipinski definition) is 1. The Bertz CT molecular complexity index is 2940. The molecular weight excluding hydrogens is 567 g/mol. The summed E-state index contributed by atoms with van der Waals surface area (Å²) in [6.07, 6.45) is 0. The van der Waals surface area contributed by atoms with Gasteiger partial charge in [-0.15, -0.1) is 0 Å². The molecule has 8 aromatic rings. The summed E-state index contributed by atoms with van der Waals surface area (Å²) in [5, 5.41) is 1.50. The van der Waals surface area contributed by atoms with Crippen LogP contribution >= 0.6 is 0 Å². The van der Waals surface area contributed by atoms with Gasteiger partial charge in [0.1, 0.15) is 0 Å². The Labute approximate surface area is 294 Å². The summed E-state index contributed by atoms with van der Waals surface area (Å²) in [6.45, 7) is 0. The monoisotopic (exact) mass is 612 g/mol. The van der Waals surface area contributed by atoms with Crippen LogP contribution in [0.15, 0.2) is 200 Å². The van der Waals surface area contributed by atoms with Gasteiger partial charge in [0.25, 0.3) is 0 Å². The summed E-state index contributed by atoms with van der Waals surface area (Å²) in [5.41, 5.74) is 2.69. The van der Waals surface area contributed by atoms with Crippen LogP contribution in [0, 0.1) is 0 Å². The van der Waals surface area contributed by atoms with Gasteiger partial charge in [0.15, 0.2) is 0 Å². The van der Waals surface area contributed by atoms with Crippen LogP contribution in [-0.2, 0) is 0 Å². The van der Waals surface area contributed by atoms with E-state index in [-0.39, 0.29) is 29.0 Å². The lowest BCUT2D eigenvalue weighted by molar-refractivity contribution is 1.28. The number of hydrogen-bond donors (Lipinski definition) is 0. The molecule has 1 nitrogen and oxygen atoms in total. The average molecular weight is 613 g/mol. The molecule has 0 heterocycles. The van der Waals surface area contributed by atoms with Crippen LogP contribution < -0.4 is 4.90 Å². The second-order valence-corrected chi connectivity index (χ2v) is 10.8. The van der Waals surface area contributed by atoms with Crippen LogP contribution in [0.25, 0.3) is 55.3 Å². The minimum absolute atomic E-state index is 0.0222. The Morgan fingerprint density at radius 3 is 1.64 bits per heavy atom. The summed E-state index contributed by atoms with van der Waals surface area (Å²) in [7, 11) is 0. The van der Waals surface area contributed by atoms with E-state index in [9.17, 15) is 8.22 Å². The van der Waals surface area contributed by atoms with Crippen LogP contribution in [-0.4, -0.2) is 0 Å². The van der Waals surface area contributed by atoms with Crippen molar-refractivity contribution >= 4 is 27.8 Å². The molecule has 0 fully saturated rings. The lowest BCUT2D eigenvalue weighted by Crippen LogP contribution is -2.10. The molecule has 0 atom stereocenters. The topological polar surface area (TPSA) is 3.24 Å². The number of anilines is 3. The molecule has 0 unspecified atom stereocenters. The highest BCUT2D eigenvalue weighted by molar-refractivity contribution is 5.97. The third-order valence-corrected chi connectivity index (χ3v) is 7.93. The summed E-state index contributed by atoms with van der Waals surface area (Å²) in [6, 6.07) is 29.2. The quantitative estimate of drug-likeness (QED) is 0.173. The molecule has 0 N–H and O–H groups in total. The van der Waals surface area contributed by atoms with Crippen molar-refractivity contribution < 1.29 is 17.8 Å². The zero-order chi connectivity index (χ0) is 42.7. The highest BCUT2D eigenvalue weighted by Gasteiger charge is 2.15. The molecule has 8 aromatic carbocycles. The van der Waals surface area contributed by atoms with E-state index < -0.39 is 83.3 Å². The summed E-state index contributed by atoms with van der Waals surface area (Å²) < 4.78 is 116. The van der Waals surface area contributed by atoms with Crippen molar-refractivity contribution in [1.82, 2.24) is 0 Å². The fraction of sp³-hybridized carbons (Fsp3) is 0. The Kier molecular flexibility index (Phi) is 4.72. The van der Waals surface area contributed by atoms with Crippen molar-refractivity contribution in [3.05, 3.63) is 200 Å². The fourth-order valence-electron chi connectivity index (χ4n) is 5.60. The zero-order valence-electron chi connectivity index (χ0n) is 38.0. The second kappa shape index (κ2) is 12.7. The van der Waals surface area contributed by atoms with E-state index in [0.717, 1.165) is 27.6 Å². The molecule has 0 amide bonds. The van der Waals surface area contributed by atoms with Gasteiger partial charge in [-0.3, -0.25) is 0 Å². The zero-order valence-corrected chi connectivity index (χ0v) is 25.0. The predicted octanol–water partition coefficient (Wildman–Crippen LogP) is 13.0. The van der Waals surface area contributed by atoms with Gasteiger partial charge >= 0.3 is 0 Å². The van der Waals surface area contributed by atoms with Gasteiger partial charge in [-0.2, -0.15) is 0 Å². The number of nitrogens with zero attached hydrogens (tertiary/aromatic N) is 1. The third kappa shape index (κ3) is 5.83. The van der Waals surface area contributed by atoms with Gasteiger partial charge in [-0.25, -0.2) is 0 Å². The van der Waals surface area contributed by atoms with Crippen molar-refractivity contribution in [3.8, 4) is 44.5 Å². The number of fused-ring (bicyclic) bond motifs is 1. The van der Waals surface area contributed by atoms with E-state index in [1.807, 2.05) is 84.9 Å². The van der Waals surface area contributed by atoms with Crippen LogP contribution in [0.3, 0.4) is 0 Å². The highest BCUT2D eigenvalue weighted by Crippen LogP contribution is 2.39. The SMILES string of the molecule is [2H]c1c([2H])c([2H])c(-c2c([2H])c([2H])c(N(c3ccc(-c4ccc(-c5ccccc5)cc4)cc3)c3c([2H])c([2H])c([2H])c(-c4cccc5ccccc45)c3[2H])c([2H])c2[2H])c([2H])c1[2H]. The fourth-order valence-corrected chi connectivity index (χ4v) is 5.60. The highest BCUT2D eigenvalue weighted by atomic mass is 15.1. The van der Waals surface area contributed by atoms with Crippen molar-refractivity contribution in [2.75, 3.05) is 4.90 Å². The van der Waals surface area contributed by atoms with Gasteiger partial charge in [0, 0.05) is 17.1 Å². The average Bonchev–Trinajstić information content (AvgIpc) is 3.27. The Morgan fingerprint density at radius 1 is 0.340 bits per heavy atom. The molecule has 0 spiro atoms. The molecule has 0 radical (unpaired) electrons. The van der Waals surface area contributed by atoms with E-state index in [1.165, 1.54) is 4.90 Å². The van der Waals surface area contributed by atoms with Gasteiger partial charge in [-0.05, 0) is 91.6 Å². The maximum Gasteiger partial charge on any atom is 0.0651 e. The Balaban J connectivity index is 1.38. The molecule has 1 heteroatoms. The molecule has 0 bridgehead atoms. The molecule has 0 aliphatic carbocycles. The van der Waals surface area contributed by atoms with E-state index in [2.05, 4.69) is 0 Å². The van der Waals surface area contributed by atoms with Crippen LogP contribution in [0.2, 0.25) is 0 Å². The molecule has 0 saturated carbocycles. The number of rotatable bonds is 7. The smallest absolute Gasteiger partial charge is 0.0651 e. The van der Waals surface area contributed by atoms with E-state index in [4.69, 9.17) is 9.60 Å². The van der Waals surface area contributed by atoms with E-state index in [0.29, 0.717) is 10.9 Å².